The zero-order valence-electron chi connectivity index (χ0n) is 13.3. The molecule has 1 unspecified atom stereocenters. The van der Waals surface area contributed by atoms with Crippen LogP contribution in [0.15, 0.2) is 5.38 Å². The summed E-state index contributed by atoms with van der Waals surface area (Å²) in [6, 6.07) is 0.00427. The minimum Gasteiger partial charge on any atom is -0.338 e. The van der Waals surface area contributed by atoms with Gasteiger partial charge >= 0.3 is 6.03 Å². The fraction of sp³-hybridized carbons (Fsp3) is 0.733. The van der Waals surface area contributed by atoms with Crippen LogP contribution in [0.3, 0.4) is 0 Å². The molecule has 0 fully saturated rings. The topological polar surface area (TPSA) is 45.2 Å². The summed E-state index contributed by atoms with van der Waals surface area (Å²) in [5, 5.41) is 6.20. The first-order valence-electron chi connectivity index (χ1n) is 7.37. The van der Waals surface area contributed by atoms with Crippen LogP contribution in [0.4, 0.5) is 4.79 Å². The predicted octanol–water partition coefficient (Wildman–Crippen LogP) is 3.50. The van der Waals surface area contributed by atoms with Gasteiger partial charge in [-0.25, -0.2) is 9.78 Å². The number of carbonyl (C=O) groups excluding carboxylic acids is 1. The molecule has 0 radical (unpaired) electrons. The second kappa shape index (κ2) is 8.25. The van der Waals surface area contributed by atoms with Crippen molar-refractivity contribution >= 4 is 17.4 Å². The molecule has 1 aromatic heterocycles. The van der Waals surface area contributed by atoms with E-state index in [4.69, 9.17) is 0 Å². The summed E-state index contributed by atoms with van der Waals surface area (Å²) in [6.07, 6.45) is 1.89. The lowest BCUT2D eigenvalue weighted by Gasteiger charge is -2.21. The lowest BCUT2D eigenvalue weighted by atomic mass is 10.1. The van der Waals surface area contributed by atoms with Crippen LogP contribution in [0.1, 0.15) is 50.7 Å². The predicted molar refractivity (Wildman–Crippen MR) is 85.4 cm³/mol. The highest BCUT2D eigenvalue weighted by atomic mass is 32.1. The Labute approximate surface area is 126 Å². The second-order valence-electron chi connectivity index (χ2n) is 5.71. The normalized spacial score (nSPS) is 12.5. The molecule has 5 heteroatoms. The third kappa shape index (κ3) is 5.49. The molecule has 1 atom stereocenters. The molecule has 0 aliphatic rings. The average Bonchev–Trinajstić information content (AvgIpc) is 2.87. The molecule has 4 nitrogen and oxygen atoms in total. The first-order valence-corrected chi connectivity index (χ1v) is 8.25. The fourth-order valence-corrected chi connectivity index (χ4v) is 2.68. The number of aromatic nitrogens is 1. The average molecular weight is 297 g/mol. The van der Waals surface area contributed by atoms with E-state index in [-0.39, 0.29) is 6.03 Å². The van der Waals surface area contributed by atoms with Crippen molar-refractivity contribution in [1.29, 1.82) is 0 Å². The van der Waals surface area contributed by atoms with Gasteiger partial charge in [0.05, 0.1) is 10.7 Å². The molecule has 0 saturated heterocycles. The first kappa shape index (κ1) is 17.0. The number of nitrogens with one attached hydrogen (secondary N) is 1. The van der Waals surface area contributed by atoms with Crippen molar-refractivity contribution in [3.05, 3.63) is 16.1 Å². The molecule has 2 amide bonds. The minimum absolute atomic E-state index is 0.00427. The number of urea groups is 1. The Morgan fingerprint density at radius 3 is 2.70 bits per heavy atom. The van der Waals surface area contributed by atoms with Gasteiger partial charge in [0.1, 0.15) is 0 Å². The molecule has 1 aromatic rings. The first-order chi connectivity index (χ1) is 9.43. The molecule has 0 aliphatic carbocycles. The molecule has 1 rings (SSSR count). The van der Waals surface area contributed by atoms with Crippen LogP contribution in [0.25, 0.3) is 0 Å². The summed E-state index contributed by atoms with van der Waals surface area (Å²) in [4.78, 5) is 18.2. The molecule has 0 saturated carbocycles. The van der Waals surface area contributed by atoms with Gasteiger partial charge in [-0.2, -0.15) is 0 Å². The third-order valence-electron chi connectivity index (χ3n) is 3.35. The van der Waals surface area contributed by atoms with E-state index in [1.54, 1.807) is 16.2 Å². The van der Waals surface area contributed by atoms with E-state index in [1.165, 1.54) is 5.01 Å². The fourth-order valence-electron chi connectivity index (χ4n) is 1.81. The summed E-state index contributed by atoms with van der Waals surface area (Å²) >= 11 is 1.70. The number of hydrogen-bond acceptors (Lipinski definition) is 3. The van der Waals surface area contributed by atoms with E-state index in [2.05, 4.69) is 43.4 Å². The molecule has 20 heavy (non-hydrogen) atoms. The number of rotatable bonds is 7. The highest BCUT2D eigenvalue weighted by Gasteiger charge is 2.11. The highest BCUT2D eigenvalue weighted by molar-refractivity contribution is 7.09. The Hall–Kier alpha value is -1.10. The van der Waals surface area contributed by atoms with E-state index in [9.17, 15) is 4.79 Å². The van der Waals surface area contributed by atoms with E-state index in [0.717, 1.165) is 25.1 Å². The van der Waals surface area contributed by atoms with Crippen molar-refractivity contribution in [1.82, 2.24) is 15.2 Å². The number of thiazole rings is 1. The van der Waals surface area contributed by atoms with Crippen molar-refractivity contribution in [2.24, 2.45) is 5.92 Å². The summed E-state index contributed by atoms with van der Waals surface area (Å²) in [6.45, 7) is 10.0. The van der Waals surface area contributed by atoms with E-state index in [0.29, 0.717) is 18.4 Å². The van der Waals surface area contributed by atoms with Crippen molar-refractivity contribution in [3.8, 4) is 0 Å². The maximum Gasteiger partial charge on any atom is 0.317 e. The summed E-state index contributed by atoms with van der Waals surface area (Å²) in [5.41, 5.74) is 1.07. The molecule has 114 valence electrons. The third-order valence-corrected chi connectivity index (χ3v) is 4.54. The summed E-state index contributed by atoms with van der Waals surface area (Å²) in [5.74, 6) is 1.02. The Morgan fingerprint density at radius 2 is 2.15 bits per heavy atom. The van der Waals surface area contributed by atoms with E-state index >= 15 is 0 Å². The van der Waals surface area contributed by atoms with Crippen molar-refractivity contribution in [3.63, 3.8) is 0 Å². The van der Waals surface area contributed by atoms with Crippen LogP contribution in [-0.4, -0.2) is 36.1 Å². The van der Waals surface area contributed by atoms with Crippen LogP contribution >= 0.6 is 11.3 Å². The van der Waals surface area contributed by atoms with E-state index < -0.39 is 0 Å². The van der Waals surface area contributed by atoms with Gasteiger partial charge in [-0.15, -0.1) is 11.3 Å². The maximum absolute atomic E-state index is 11.9. The number of nitrogens with zero attached hydrogens (tertiary/aromatic N) is 2. The Kier molecular flexibility index (Phi) is 6.99. The highest BCUT2D eigenvalue weighted by Crippen LogP contribution is 2.19. The molecular formula is C15H27N3OS. The lowest BCUT2D eigenvalue weighted by Crippen LogP contribution is -2.40. The second-order valence-corrected chi connectivity index (χ2v) is 6.60. The van der Waals surface area contributed by atoms with Gasteiger partial charge in [-0.3, -0.25) is 0 Å². The smallest absolute Gasteiger partial charge is 0.317 e. The Bertz CT molecular complexity index is 417. The summed E-state index contributed by atoms with van der Waals surface area (Å²) < 4.78 is 0. The number of hydrogen-bond donors (Lipinski definition) is 1. The van der Waals surface area contributed by atoms with Crippen LogP contribution in [-0.2, 0) is 6.42 Å². The number of amides is 2. The van der Waals surface area contributed by atoms with Gasteiger partial charge in [0.25, 0.3) is 0 Å². The molecular weight excluding hydrogens is 270 g/mol. The van der Waals surface area contributed by atoms with Gasteiger partial charge in [0.15, 0.2) is 0 Å². The molecule has 0 aromatic carbocycles. The van der Waals surface area contributed by atoms with Crippen LogP contribution in [0, 0.1) is 5.92 Å². The molecule has 0 spiro atoms. The molecule has 0 bridgehead atoms. The summed E-state index contributed by atoms with van der Waals surface area (Å²) in [7, 11) is 1.85. The van der Waals surface area contributed by atoms with Crippen molar-refractivity contribution in [2.45, 2.75) is 46.5 Å². The van der Waals surface area contributed by atoms with Gasteiger partial charge in [-0.1, -0.05) is 34.1 Å². The zero-order chi connectivity index (χ0) is 15.1. The van der Waals surface area contributed by atoms with Crippen LogP contribution < -0.4 is 5.32 Å². The molecule has 1 heterocycles. The quantitative estimate of drug-likeness (QED) is 0.837. The van der Waals surface area contributed by atoms with Gasteiger partial charge in [0.2, 0.25) is 0 Å². The minimum atomic E-state index is 0.00427. The van der Waals surface area contributed by atoms with Crippen LogP contribution in [0.2, 0.25) is 0 Å². The van der Waals surface area contributed by atoms with Crippen molar-refractivity contribution in [2.75, 3.05) is 20.1 Å². The van der Waals surface area contributed by atoms with Crippen LogP contribution in [0.5, 0.6) is 0 Å². The van der Waals surface area contributed by atoms with Gasteiger partial charge < -0.3 is 10.2 Å². The lowest BCUT2D eigenvalue weighted by molar-refractivity contribution is 0.201. The largest absolute Gasteiger partial charge is 0.338 e. The van der Waals surface area contributed by atoms with Crippen molar-refractivity contribution < 1.29 is 4.79 Å². The molecule has 1 N–H and O–H groups in total. The van der Waals surface area contributed by atoms with Gasteiger partial charge in [-0.05, 0) is 5.92 Å². The Balaban J connectivity index is 2.30. The number of carbonyl (C=O) groups is 1. The van der Waals surface area contributed by atoms with Gasteiger partial charge in [0, 0.05) is 37.9 Å². The molecule has 0 aliphatic heterocycles. The Morgan fingerprint density at radius 1 is 1.45 bits per heavy atom. The monoisotopic (exact) mass is 297 g/mol. The van der Waals surface area contributed by atoms with E-state index in [1.807, 2.05) is 7.05 Å². The SMILES string of the molecule is CCC(C)CN(C)C(=O)NCCc1csc(C(C)C)n1. The standard InChI is InChI=1S/C15H27N3OS/c1-6-12(4)9-18(5)15(19)16-8-7-13-10-20-14(17-13)11(2)3/h10-12H,6-9H2,1-5H3,(H,16,19). The zero-order valence-corrected chi connectivity index (χ0v) is 14.1. The maximum atomic E-state index is 11.9.